The number of anilines is 1. The summed E-state index contributed by atoms with van der Waals surface area (Å²) in [5.41, 5.74) is 3.17. The molecule has 21 heavy (non-hydrogen) atoms. The first-order valence-corrected chi connectivity index (χ1v) is 7.47. The molecular weight excluding hydrogens is 280 g/mol. The zero-order chi connectivity index (χ0) is 14.8. The fraction of sp³-hybridized carbons (Fsp3) is 0.188. The predicted octanol–water partition coefficient (Wildman–Crippen LogP) is 3.51. The van der Waals surface area contributed by atoms with E-state index in [2.05, 4.69) is 38.7 Å². The molecule has 0 saturated carbocycles. The average Bonchev–Trinajstić information content (AvgIpc) is 2.98. The Hall–Kier alpha value is -2.45. The molecule has 0 unspecified atom stereocenters. The van der Waals surface area contributed by atoms with Crippen molar-refractivity contribution < 1.29 is 0 Å². The Labute approximate surface area is 127 Å². The van der Waals surface area contributed by atoms with E-state index in [4.69, 9.17) is 0 Å². The van der Waals surface area contributed by atoms with Crippen molar-refractivity contribution in [3.05, 3.63) is 51.8 Å². The molecule has 1 aromatic carbocycles. The number of thiophene rings is 1. The largest absolute Gasteiger partial charge is 0.366 e. The Morgan fingerprint density at radius 1 is 1.29 bits per heavy atom. The average molecular weight is 294 g/mol. The van der Waals surface area contributed by atoms with Crippen molar-refractivity contribution in [1.82, 2.24) is 10.2 Å². The van der Waals surface area contributed by atoms with Gasteiger partial charge in [0.05, 0.1) is 17.7 Å². The molecule has 3 rings (SSSR count). The summed E-state index contributed by atoms with van der Waals surface area (Å²) in [4.78, 5) is 3.32. The van der Waals surface area contributed by atoms with E-state index in [9.17, 15) is 5.26 Å². The minimum Gasteiger partial charge on any atom is -0.366 e. The van der Waals surface area contributed by atoms with Crippen LogP contribution in [0.3, 0.4) is 0 Å². The number of fused-ring (bicyclic) bond motifs is 1. The number of hydrogen-bond donors (Lipinski definition) is 0. The van der Waals surface area contributed by atoms with Gasteiger partial charge in [0, 0.05) is 17.3 Å². The van der Waals surface area contributed by atoms with E-state index in [1.165, 1.54) is 4.88 Å². The zero-order valence-electron chi connectivity index (χ0n) is 11.9. The van der Waals surface area contributed by atoms with Gasteiger partial charge in [0.25, 0.3) is 0 Å². The van der Waals surface area contributed by atoms with Gasteiger partial charge in [0.2, 0.25) is 0 Å². The van der Waals surface area contributed by atoms with E-state index >= 15 is 0 Å². The molecule has 0 amide bonds. The van der Waals surface area contributed by atoms with Gasteiger partial charge in [-0.1, -0.05) is 17.7 Å². The first-order valence-electron chi connectivity index (χ1n) is 6.59. The van der Waals surface area contributed by atoms with Gasteiger partial charge < -0.3 is 4.90 Å². The molecular formula is C16H14N4S. The molecule has 0 aliphatic rings. The van der Waals surface area contributed by atoms with Crippen LogP contribution in [0.5, 0.6) is 0 Å². The lowest BCUT2D eigenvalue weighted by molar-refractivity contribution is 0.922. The summed E-state index contributed by atoms with van der Waals surface area (Å²) in [7, 11) is 1.99. The molecule has 0 radical (unpaired) electrons. The molecule has 4 nitrogen and oxygen atoms in total. The second kappa shape index (κ2) is 5.51. The number of hydrogen-bond acceptors (Lipinski definition) is 5. The van der Waals surface area contributed by atoms with Crippen LogP contribution in [0.15, 0.2) is 35.7 Å². The van der Waals surface area contributed by atoms with Crippen molar-refractivity contribution in [2.45, 2.75) is 13.5 Å². The molecule has 0 aliphatic carbocycles. The lowest BCUT2D eigenvalue weighted by Crippen LogP contribution is -2.18. The quantitative estimate of drug-likeness (QED) is 0.742. The Kier molecular flexibility index (Phi) is 3.55. The maximum atomic E-state index is 9.35. The van der Waals surface area contributed by atoms with Crippen molar-refractivity contribution in [1.29, 1.82) is 5.26 Å². The van der Waals surface area contributed by atoms with Gasteiger partial charge >= 0.3 is 0 Å². The highest BCUT2D eigenvalue weighted by atomic mass is 32.1. The normalized spacial score (nSPS) is 10.5. The van der Waals surface area contributed by atoms with Crippen LogP contribution in [0.2, 0.25) is 0 Å². The van der Waals surface area contributed by atoms with E-state index in [0.29, 0.717) is 5.69 Å². The maximum absolute atomic E-state index is 9.35. The number of aromatic nitrogens is 2. The number of benzene rings is 1. The van der Waals surface area contributed by atoms with Crippen molar-refractivity contribution in [3.8, 4) is 6.07 Å². The van der Waals surface area contributed by atoms with Crippen LogP contribution in [0.4, 0.5) is 5.69 Å². The summed E-state index contributed by atoms with van der Waals surface area (Å²) in [5, 5.41) is 20.6. The van der Waals surface area contributed by atoms with Crippen LogP contribution in [-0.2, 0) is 6.54 Å². The molecule has 3 aromatic rings. The summed E-state index contributed by atoms with van der Waals surface area (Å²) >= 11 is 1.71. The lowest BCUT2D eigenvalue weighted by Gasteiger charge is -2.21. The number of nitriles is 1. The van der Waals surface area contributed by atoms with Crippen LogP contribution in [0.25, 0.3) is 10.9 Å². The smallest absolute Gasteiger partial charge is 0.187 e. The number of rotatable bonds is 3. The standard InChI is InChI=1S/C16H14N4S/c1-11-5-6-14-13(8-11)16(15(9-17)19-18-14)20(2)10-12-4-3-7-21-12/h3-8H,10H2,1-2H3. The lowest BCUT2D eigenvalue weighted by atomic mass is 10.1. The van der Waals surface area contributed by atoms with Gasteiger partial charge in [-0.05, 0) is 30.5 Å². The van der Waals surface area contributed by atoms with E-state index in [1.807, 2.05) is 32.2 Å². The number of nitrogens with zero attached hydrogens (tertiary/aromatic N) is 4. The Bertz CT molecular complexity index is 818. The van der Waals surface area contributed by atoms with Crippen molar-refractivity contribution in [3.63, 3.8) is 0 Å². The van der Waals surface area contributed by atoms with Gasteiger partial charge in [-0.15, -0.1) is 21.5 Å². The summed E-state index contributed by atoms with van der Waals surface area (Å²) in [6.45, 7) is 2.79. The van der Waals surface area contributed by atoms with Gasteiger partial charge in [0.1, 0.15) is 6.07 Å². The molecule has 2 heterocycles. The highest BCUT2D eigenvalue weighted by Crippen LogP contribution is 2.29. The van der Waals surface area contributed by atoms with Crippen LogP contribution < -0.4 is 4.90 Å². The molecule has 0 atom stereocenters. The molecule has 0 aliphatic heterocycles. The topological polar surface area (TPSA) is 52.8 Å². The van der Waals surface area contributed by atoms with Crippen LogP contribution in [0, 0.1) is 18.3 Å². The maximum Gasteiger partial charge on any atom is 0.187 e. The summed E-state index contributed by atoms with van der Waals surface area (Å²) < 4.78 is 0. The molecule has 0 bridgehead atoms. The molecule has 0 N–H and O–H groups in total. The van der Waals surface area contributed by atoms with E-state index in [1.54, 1.807) is 11.3 Å². The fourth-order valence-electron chi connectivity index (χ4n) is 2.38. The minimum absolute atomic E-state index is 0.368. The molecule has 0 fully saturated rings. The number of aryl methyl sites for hydroxylation is 1. The van der Waals surface area contributed by atoms with Crippen LogP contribution in [-0.4, -0.2) is 17.2 Å². The Balaban J connectivity index is 2.14. The van der Waals surface area contributed by atoms with E-state index < -0.39 is 0 Å². The molecule has 104 valence electrons. The monoisotopic (exact) mass is 294 g/mol. The van der Waals surface area contributed by atoms with Gasteiger partial charge in [-0.25, -0.2) is 0 Å². The third-order valence-electron chi connectivity index (χ3n) is 3.35. The van der Waals surface area contributed by atoms with Crippen molar-refractivity contribution in [2.75, 3.05) is 11.9 Å². The van der Waals surface area contributed by atoms with Gasteiger partial charge in [-0.2, -0.15) is 5.26 Å². The summed E-state index contributed by atoms with van der Waals surface area (Å²) in [5.74, 6) is 0. The summed E-state index contributed by atoms with van der Waals surface area (Å²) in [6, 6.07) is 12.3. The summed E-state index contributed by atoms with van der Waals surface area (Å²) in [6.07, 6.45) is 0. The molecule has 0 spiro atoms. The molecule has 5 heteroatoms. The second-order valence-electron chi connectivity index (χ2n) is 4.97. The minimum atomic E-state index is 0.368. The molecule has 2 aromatic heterocycles. The van der Waals surface area contributed by atoms with E-state index in [0.717, 1.165) is 28.7 Å². The predicted molar refractivity (Wildman–Crippen MR) is 85.4 cm³/mol. The van der Waals surface area contributed by atoms with Crippen LogP contribution >= 0.6 is 11.3 Å². The molecule has 0 saturated heterocycles. The highest BCUT2D eigenvalue weighted by molar-refractivity contribution is 7.09. The third kappa shape index (κ3) is 2.58. The third-order valence-corrected chi connectivity index (χ3v) is 4.21. The SMILES string of the molecule is Cc1ccc2nnc(C#N)c(N(C)Cc3cccs3)c2c1. The van der Waals surface area contributed by atoms with Crippen molar-refractivity contribution in [2.24, 2.45) is 0 Å². The van der Waals surface area contributed by atoms with Gasteiger partial charge in [0.15, 0.2) is 5.69 Å². The first-order chi connectivity index (χ1) is 10.2. The van der Waals surface area contributed by atoms with Crippen molar-refractivity contribution >= 4 is 27.9 Å². The Morgan fingerprint density at radius 2 is 2.14 bits per heavy atom. The Morgan fingerprint density at radius 3 is 2.86 bits per heavy atom. The fourth-order valence-corrected chi connectivity index (χ4v) is 3.14. The highest BCUT2D eigenvalue weighted by Gasteiger charge is 2.15. The first kappa shape index (κ1) is 13.5. The second-order valence-corrected chi connectivity index (χ2v) is 6.00. The van der Waals surface area contributed by atoms with E-state index in [-0.39, 0.29) is 0 Å². The van der Waals surface area contributed by atoms with Gasteiger partial charge in [-0.3, -0.25) is 0 Å². The van der Waals surface area contributed by atoms with Crippen LogP contribution in [0.1, 0.15) is 16.1 Å². The zero-order valence-corrected chi connectivity index (χ0v) is 12.7.